The molecule has 0 radical (unpaired) electrons. The van der Waals surface area contributed by atoms with Crippen LogP contribution in [0.4, 0.5) is 0 Å². The Bertz CT molecular complexity index is 377. The van der Waals surface area contributed by atoms with E-state index in [-0.39, 0.29) is 6.23 Å². The molecule has 1 saturated heterocycles. The molecule has 80 valence electrons. The Kier molecular flexibility index (Phi) is 2.79. The van der Waals surface area contributed by atoms with Crippen LogP contribution in [0.2, 0.25) is 0 Å². The highest BCUT2D eigenvalue weighted by atomic mass is 16.5. The SMILES string of the molecule is CCC1OC(n2ccc(C#N)c2)CC1C. The van der Waals surface area contributed by atoms with Crippen LogP contribution < -0.4 is 0 Å². The van der Waals surface area contributed by atoms with E-state index in [4.69, 9.17) is 10.00 Å². The number of ether oxygens (including phenoxy) is 1. The summed E-state index contributed by atoms with van der Waals surface area (Å²) >= 11 is 0. The van der Waals surface area contributed by atoms with Crippen LogP contribution >= 0.6 is 0 Å². The van der Waals surface area contributed by atoms with Gasteiger partial charge in [0.1, 0.15) is 12.3 Å². The summed E-state index contributed by atoms with van der Waals surface area (Å²) in [6.07, 6.45) is 6.36. The summed E-state index contributed by atoms with van der Waals surface area (Å²) in [5.41, 5.74) is 0.700. The Morgan fingerprint density at radius 1 is 1.67 bits per heavy atom. The third kappa shape index (κ3) is 1.91. The second-order valence-electron chi connectivity index (χ2n) is 4.21. The minimum absolute atomic E-state index is 0.118. The van der Waals surface area contributed by atoms with Gasteiger partial charge in [0.25, 0.3) is 0 Å². The average Bonchev–Trinajstić information content (AvgIpc) is 2.83. The topological polar surface area (TPSA) is 38.0 Å². The van der Waals surface area contributed by atoms with Crippen molar-refractivity contribution >= 4 is 0 Å². The van der Waals surface area contributed by atoms with Crippen molar-refractivity contribution in [2.45, 2.75) is 39.0 Å². The molecule has 0 spiro atoms. The van der Waals surface area contributed by atoms with E-state index < -0.39 is 0 Å². The maximum atomic E-state index is 8.74. The molecule has 3 nitrogen and oxygen atoms in total. The predicted molar refractivity (Wildman–Crippen MR) is 57.1 cm³/mol. The van der Waals surface area contributed by atoms with Crippen LogP contribution in [-0.2, 0) is 4.74 Å². The number of hydrogen-bond donors (Lipinski definition) is 0. The van der Waals surface area contributed by atoms with Crippen LogP contribution in [0, 0.1) is 17.2 Å². The minimum atomic E-state index is 0.118. The molecule has 15 heavy (non-hydrogen) atoms. The van der Waals surface area contributed by atoms with Crippen LogP contribution in [0.5, 0.6) is 0 Å². The van der Waals surface area contributed by atoms with E-state index in [1.807, 2.05) is 23.0 Å². The maximum absolute atomic E-state index is 8.74. The van der Waals surface area contributed by atoms with E-state index in [1.165, 1.54) is 0 Å². The lowest BCUT2D eigenvalue weighted by molar-refractivity contribution is -0.00473. The Balaban J connectivity index is 2.10. The average molecular weight is 204 g/mol. The smallest absolute Gasteiger partial charge is 0.134 e. The normalized spacial score (nSPS) is 30.3. The molecule has 2 heterocycles. The fourth-order valence-electron chi connectivity index (χ4n) is 2.21. The fourth-order valence-corrected chi connectivity index (χ4v) is 2.21. The molecule has 0 aliphatic carbocycles. The quantitative estimate of drug-likeness (QED) is 0.742. The van der Waals surface area contributed by atoms with Gasteiger partial charge >= 0.3 is 0 Å². The lowest BCUT2D eigenvalue weighted by Crippen LogP contribution is -2.12. The first kappa shape index (κ1) is 10.3. The van der Waals surface area contributed by atoms with Gasteiger partial charge in [0, 0.05) is 12.4 Å². The van der Waals surface area contributed by atoms with Crippen LogP contribution in [0.1, 0.15) is 38.5 Å². The number of nitrogens with zero attached hydrogens (tertiary/aromatic N) is 2. The third-order valence-electron chi connectivity index (χ3n) is 3.12. The number of aromatic nitrogens is 1. The largest absolute Gasteiger partial charge is 0.355 e. The zero-order valence-electron chi connectivity index (χ0n) is 9.18. The number of hydrogen-bond acceptors (Lipinski definition) is 2. The summed E-state index contributed by atoms with van der Waals surface area (Å²) in [5.74, 6) is 0.605. The molecule has 1 aliphatic heterocycles. The Hall–Kier alpha value is -1.27. The molecule has 1 aliphatic rings. The van der Waals surface area contributed by atoms with Crippen molar-refractivity contribution in [3.8, 4) is 6.07 Å². The number of rotatable bonds is 2. The first-order valence-corrected chi connectivity index (χ1v) is 5.47. The highest BCUT2D eigenvalue weighted by Crippen LogP contribution is 2.34. The van der Waals surface area contributed by atoms with Crippen molar-refractivity contribution in [3.05, 3.63) is 24.0 Å². The molecule has 0 bridgehead atoms. The maximum Gasteiger partial charge on any atom is 0.134 e. The van der Waals surface area contributed by atoms with Gasteiger partial charge < -0.3 is 9.30 Å². The fraction of sp³-hybridized carbons (Fsp3) is 0.583. The Morgan fingerprint density at radius 2 is 2.47 bits per heavy atom. The van der Waals surface area contributed by atoms with Gasteiger partial charge in [-0.3, -0.25) is 0 Å². The van der Waals surface area contributed by atoms with E-state index in [1.54, 1.807) is 0 Å². The lowest BCUT2D eigenvalue weighted by Gasteiger charge is -2.14. The van der Waals surface area contributed by atoms with Gasteiger partial charge in [-0.15, -0.1) is 0 Å². The highest BCUT2D eigenvalue weighted by Gasteiger charge is 2.31. The molecular formula is C12H16N2O. The third-order valence-corrected chi connectivity index (χ3v) is 3.12. The second kappa shape index (κ2) is 4.08. The molecule has 3 atom stereocenters. The van der Waals surface area contributed by atoms with Gasteiger partial charge in [0.2, 0.25) is 0 Å². The van der Waals surface area contributed by atoms with Gasteiger partial charge in [0.15, 0.2) is 0 Å². The van der Waals surface area contributed by atoms with Crippen molar-refractivity contribution in [2.24, 2.45) is 5.92 Å². The van der Waals surface area contributed by atoms with Crippen LogP contribution in [0.3, 0.4) is 0 Å². The first-order valence-electron chi connectivity index (χ1n) is 5.47. The van der Waals surface area contributed by atoms with Crippen LogP contribution in [0.15, 0.2) is 18.5 Å². The van der Waals surface area contributed by atoms with Gasteiger partial charge in [-0.1, -0.05) is 13.8 Å². The van der Waals surface area contributed by atoms with Crippen LogP contribution in [0.25, 0.3) is 0 Å². The molecule has 3 unspecified atom stereocenters. The summed E-state index contributed by atoms with van der Waals surface area (Å²) in [6.45, 7) is 4.38. The van der Waals surface area contributed by atoms with E-state index in [2.05, 4.69) is 19.9 Å². The van der Waals surface area contributed by atoms with Crippen molar-refractivity contribution in [3.63, 3.8) is 0 Å². The zero-order valence-corrected chi connectivity index (χ0v) is 9.18. The van der Waals surface area contributed by atoms with E-state index in [0.717, 1.165) is 12.8 Å². The molecule has 0 aromatic carbocycles. The zero-order chi connectivity index (χ0) is 10.8. The predicted octanol–water partition coefficient (Wildman–Crippen LogP) is 2.69. The molecule has 2 rings (SSSR count). The molecule has 1 aromatic rings. The standard InChI is InChI=1S/C12H16N2O/c1-3-11-9(2)6-12(15-11)14-5-4-10(7-13)8-14/h4-5,8-9,11-12H,3,6H2,1-2H3. The summed E-state index contributed by atoms with van der Waals surface area (Å²) in [5, 5.41) is 8.74. The molecular weight excluding hydrogens is 188 g/mol. The summed E-state index contributed by atoms with van der Waals surface area (Å²) in [7, 11) is 0. The van der Waals surface area contributed by atoms with Gasteiger partial charge in [0.05, 0.1) is 11.7 Å². The summed E-state index contributed by atoms with van der Waals surface area (Å²) < 4.78 is 7.92. The molecule has 0 amide bonds. The molecule has 3 heteroatoms. The summed E-state index contributed by atoms with van der Waals surface area (Å²) in [6, 6.07) is 3.96. The monoisotopic (exact) mass is 204 g/mol. The van der Waals surface area contributed by atoms with Crippen molar-refractivity contribution < 1.29 is 4.74 Å². The molecule has 0 N–H and O–H groups in total. The van der Waals surface area contributed by atoms with Gasteiger partial charge in [-0.2, -0.15) is 5.26 Å². The van der Waals surface area contributed by atoms with E-state index >= 15 is 0 Å². The van der Waals surface area contributed by atoms with Crippen molar-refractivity contribution in [1.82, 2.24) is 4.57 Å². The Morgan fingerprint density at radius 3 is 3.00 bits per heavy atom. The Labute approximate surface area is 90.3 Å². The lowest BCUT2D eigenvalue weighted by atomic mass is 10.0. The van der Waals surface area contributed by atoms with Crippen LogP contribution in [-0.4, -0.2) is 10.7 Å². The number of nitriles is 1. The van der Waals surface area contributed by atoms with Gasteiger partial charge in [-0.05, 0) is 24.8 Å². The van der Waals surface area contributed by atoms with Gasteiger partial charge in [-0.25, -0.2) is 0 Å². The van der Waals surface area contributed by atoms with Crippen molar-refractivity contribution in [2.75, 3.05) is 0 Å². The molecule has 0 saturated carbocycles. The summed E-state index contributed by atoms with van der Waals surface area (Å²) in [4.78, 5) is 0. The van der Waals surface area contributed by atoms with Crippen molar-refractivity contribution in [1.29, 1.82) is 5.26 Å². The molecule has 1 aromatic heterocycles. The molecule has 1 fully saturated rings. The highest BCUT2D eigenvalue weighted by molar-refractivity contribution is 5.25. The van der Waals surface area contributed by atoms with E-state index in [0.29, 0.717) is 17.6 Å². The minimum Gasteiger partial charge on any atom is -0.355 e. The first-order chi connectivity index (χ1) is 7.24. The van der Waals surface area contributed by atoms with E-state index in [9.17, 15) is 0 Å². The second-order valence-corrected chi connectivity index (χ2v) is 4.21.